The number of aromatic nitrogens is 2. The first-order valence-corrected chi connectivity index (χ1v) is 9.11. The van der Waals surface area contributed by atoms with Crippen LogP contribution in [0.15, 0.2) is 24.3 Å². The van der Waals surface area contributed by atoms with Crippen molar-refractivity contribution in [2.45, 2.75) is 57.0 Å². The normalized spacial score (nSPS) is 25.9. The maximum Gasteiger partial charge on any atom is 0.326 e. The number of amides is 1. The van der Waals surface area contributed by atoms with Crippen LogP contribution in [0.4, 0.5) is 0 Å². The molecule has 0 radical (unpaired) electrons. The number of aryl methyl sites for hydroxylation is 1. The van der Waals surface area contributed by atoms with Crippen LogP contribution in [0.2, 0.25) is 0 Å². The van der Waals surface area contributed by atoms with E-state index in [-0.39, 0.29) is 11.9 Å². The molecule has 1 aromatic heterocycles. The Hall–Kier alpha value is -2.37. The third-order valence-electron chi connectivity index (χ3n) is 5.68. The highest BCUT2D eigenvalue weighted by Gasteiger charge is 2.47. The van der Waals surface area contributed by atoms with Gasteiger partial charge in [0.05, 0.1) is 11.0 Å². The van der Waals surface area contributed by atoms with Crippen molar-refractivity contribution >= 4 is 22.9 Å². The van der Waals surface area contributed by atoms with E-state index >= 15 is 0 Å². The number of nitrogens with zero attached hydrogens (tertiary/aromatic N) is 2. The molecule has 4 rings (SSSR count). The number of carboxylic acid groups (broad SMARTS) is 1. The molecule has 2 aliphatic rings. The molecule has 132 valence electrons. The Labute approximate surface area is 146 Å². The van der Waals surface area contributed by atoms with Crippen LogP contribution in [0.1, 0.15) is 44.3 Å². The van der Waals surface area contributed by atoms with E-state index < -0.39 is 12.0 Å². The summed E-state index contributed by atoms with van der Waals surface area (Å²) in [5, 5.41) is 9.55. The molecule has 1 aliphatic carbocycles. The van der Waals surface area contributed by atoms with Gasteiger partial charge in [-0.25, -0.2) is 9.78 Å². The van der Waals surface area contributed by atoms with Crippen LogP contribution in [0.5, 0.6) is 0 Å². The predicted octanol–water partition coefficient (Wildman–Crippen LogP) is 2.74. The SMILES string of the molecule is O=C(O)[C@@H]1C[C@H]2CCCC[C@H]2N1C(=O)CCc1nc2ccccc2[nH]1. The average molecular weight is 341 g/mol. The topological polar surface area (TPSA) is 86.3 Å². The molecule has 1 saturated heterocycles. The van der Waals surface area contributed by atoms with E-state index in [4.69, 9.17) is 0 Å². The number of para-hydroxylation sites is 2. The zero-order chi connectivity index (χ0) is 17.4. The Morgan fingerprint density at radius 3 is 2.84 bits per heavy atom. The zero-order valence-electron chi connectivity index (χ0n) is 14.1. The quantitative estimate of drug-likeness (QED) is 0.895. The Balaban J connectivity index is 1.47. The maximum atomic E-state index is 12.8. The molecule has 1 aliphatic heterocycles. The van der Waals surface area contributed by atoms with E-state index in [2.05, 4.69) is 9.97 Å². The lowest BCUT2D eigenvalue weighted by Gasteiger charge is -2.33. The fourth-order valence-electron chi connectivity index (χ4n) is 4.52. The van der Waals surface area contributed by atoms with Crippen LogP contribution in [0.3, 0.4) is 0 Å². The van der Waals surface area contributed by atoms with E-state index in [9.17, 15) is 14.7 Å². The number of rotatable bonds is 4. The monoisotopic (exact) mass is 341 g/mol. The summed E-state index contributed by atoms with van der Waals surface area (Å²) in [6.45, 7) is 0. The number of hydrogen-bond acceptors (Lipinski definition) is 3. The van der Waals surface area contributed by atoms with E-state index in [1.54, 1.807) is 4.90 Å². The fraction of sp³-hybridized carbons (Fsp3) is 0.526. The number of hydrogen-bond donors (Lipinski definition) is 2. The third kappa shape index (κ3) is 3.01. The second-order valence-corrected chi connectivity index (χ2v) is 7.20. The molecule has 2 aromatic rings. The highest BCUT2D eigenvalue weighted by Crippen LogP contribution is 2.40. The van der Waals surface area contributed by atoms with Crippen molar-refractivity contribution < 1.29 is 14.7 Å². The molecule has 1 saturated carbocycles. The Morgan fingerprint density at radius 2 is 2.04 bits per heavy atom. The number of nitrogens with one attached hydrogen (secondary N) is 1. The van der Waals surface area contributed by atoms with Crippen LogP contribution in [-0.2, 0) is 16.0 Å². The van der Waals surface area contributed by atoms with E-state index in [1.807, 2.05) is 24.3 Å². The van der Waals surface area contributed by atoms with Gasteiger partial charge in [0.1, 0.15) is 11.9 Å². The van der Waals surface area contributed by atoms with Crippen molar-refractivity contribution in [3.05, 3.63) is 30.1 Å². The van der Waals surface area contributed by atoms with Crippen molar-refractivity contribution in [2.75, 3.05) is 0 Å². The van der Waals surface area contributed by atoms with Crippen LogP contribution in [0.25, 0.3) is 11.0 Å². The number of aliphatic carboxylic acids is 1. The van der Waals surface area contributed by atoms with Crippen LogP contribution in [0, 0.1) is 5.92 Å². The van der Waals surface area contributed by atoms with Crippen molar-refractivity contribution in [3.63, 3.8) is 0 Å². The molecule has 2 fully saturated rings. The Kier molecular flexibility index (Phi) is 4.19. The van der Waals surface area contributed by atoms with Crippen molar-refractivity contribution in [1.29, 1.82) is 0 Å². The number of fused-ring (bicyclic) bond motifs is 2. The van der Waals surface area contributed by atoms with Crippen molar-refractivity contribution in [3.8, 4) is 0 Å². The van der Waals surface area contributed by atoms with Gasteiger partial charge in [0.15, 0.2) is 0 Å². The molecule has 1 amide bonds. The van der Waals surface area contributed by atoms with E-state index in [0.717, 1.165) is 42.5 Å². The van der Waals surface area contributed by atoms with Crippen LogP contribution < -0.4 is 0 Å². The highest BCUT2D eigenvalue weighted by molar-refractivity contribution is 5.85. The summed E-state index contributed by atoms with van der Waals surface area (Å²) in [7, 11) is 0. The smallest absolute Gasteiger partial charge is 0.326 e. The molecule has 1 aromatic carbocycles. The second kappa shape index (κ2) is 6.50. The van der Waals surface area contributed by atoms with Crippen molar-refractivity contribution in [1.82, 2.24) is 14.9 Å². The average Bonchev–Trinajstić information content (AvgIpc) is 3.20. The molecule has 2 N–H and O–H groups in total. The van der Waals surface area contributed by atoms with Gasteiger partial charge in [-0.05, 0) is 37.3 Å². The van der Waals surface area contributed by atoms with Gasteiger partial charge < -0.3 is 15.0 Å². The number of imidazole rings is 1. The first-order valence-electron chi connectivity index (χ1n) is 9.11. The van der Waals surface area contributed by atoms with Gasteiger partial charge in [-0.1, -0.05) is 25.0 Å². The highest BCUT2D eigenvalue weighted by atomic mass is 16.4. The molecule has 6 nitrogen and oxygen atoms in total. The molecule has 0 spiro atoms. The summed E-state index contributed by atoms with van der Waals surface area (Å²) < 4.78 is 0. The van der Waals surface area contributed by atoms with Crippen molar-refractivity contribution in [2.24, 2.45) is 5.92 Å². The summed E-state index contributed by atoms with van der Waals surface area (Å²) >= 11 is 0. The number of carbonyl (C=O) groups excluding carboxylic acids is 1. The lowest BCUT2D eigenvalue weighted by atomic mass is 9.84. The second-order valence-electron chi connectivity index (χ2n) is 7.20. The standard InChI is InChI=1S/C19H23N3O3/c23-18(10-9-17-20-13-6-2-3-7-14(13)21-17)22-15-8-4-1-5-12(15)11-16(22)19(24)25/h2-3,6-7,12,15-16H,1,4-5,8-11H2,(H,20,21)(H,24,25)/t12-,15-,16+/m1/s1. The lowest BCUT2D eigenvalue weighted by Crippen LogP contribution is -2.46. The summed E-state index contributed by atoms with van der Waals surface area (Å²) in [6.07, 6.45) is 5.62. The van der Waals surface area contributed by atoms with Gasteiger partial charge >= 0.3 is 5.97 Å². The largest absolute Gasteiger partial charge is 0.480 e. The minimum atomic E-state index is -0.869. The van der Waals surface area contributed by atoms with Gasteiger partial charge in [0, 0.05) is 18.9 Å². The number of carbonyl (C=O) groups is 2. The zero-order valence-corrected chi connectivity index (χ0v) is 14.1. The van der Waals surface area contributed by atoms with Crippen LogP contribution in [-0.4, -0.2) is 43.9 Å². The fourth-order valence-corrected chi connectivity index (χ4v) is 4.52. The van der Waals surface area contributed by atoms with E-state index in [1.165, 1.54) is 0 Å². The van der Waals surface area contributed by atoms with Gasteiger partial charge in [-0.2, -0.15) is 0 Å². The van der Waals surface area contributed by atoms with Gasteiger partial charge in [-0.3, -0.25) is 4.79 Å². The van der Waals surface area contributed by atoms with Gasteiger partial charge in [0.2, 0.25) is 5.91 Å². The summed E-state index contributed by atoms with van der Waals surface area (Å²) in [5.41, 5.74) is 1.85. The molecular formula is C19H23N3O3. The first-order chi connectivity index (χ1) is 12.1. The van der Waals surface area contributed by atoms with Gasteiger partial charge in [0.25, 0.3) is 0 Å². The minimum Gasteiger partial charge on any atom is -0.480 e. The van der Waals surface area contributed by atoms with E-state index in [0.29, 0.717) is 25.2 Å². The molecule has 6 heteroatoms. The molecule has 0 unspecified atom stereocenters. The number of carboxylic acids is 1. The molecule has 2 heterocycles. The summed E-state index contributed by atoms with van der Waals surface area (Å²) in [6, 6.07) is 7.23. The number of aromatic amines is 1. The Bertz CT molecular complexity index is 767. The van der Waals surface area contributed by atoms with Crippen LogP contribution >= 0.6 is 0 Å². The Morgan fingerprint density at radius 1 is 1.24 bits per heavy atom. The molecule has 3 atom stereocenters. The number of benzene rings is 1. The number of likely N-dealkylation sites (tertiary alicyclic amines) is 1. The third-order valence-corrected chi connectivity index (χ3v) is 5.68. The maximum absolute atomic E-state index is 12.8. The molecule has 25 heavy (non-hydrogen) atoms. The van der Waals surface area contributed by atoms with Gasteiger partial charge in [-0.15, -0.1) is 0 Å². The summed E-state index contributed by atoms with van der Waals surface area (Å²) in [5.74, 6) is 0.208. The first kappa shape index (κ1) is 16.1. The molecule has 0 bridgehead atoms. The lowest BCUT2D eigenvalue weighted by molar-refractivity contribution is -0.149. The number of H-pyrrole nitrogens is 1. The molecular weight excluding hydrogens is 318 g/mol. The summed E-state index contributed by atoms with van der Waals surface area (Å²) in [4.78, 5) is 33.9. The minimum absolute atomic E-state index is 0.0535. The predicted molar refractivity (Wildman–Crippen MR) is 93.0 cm³/mol.